The van der Waals surface area contributed by atoms with Gasteiger partial charge >= 0.3 is 6.03 Å². The van der Waals surface area contributed by atoms with Gasteiger partial charge in [0.1, 0.15) is 0 Å². The van der Waals surface area contributed by atoms with Crippen molar-refractivity contribution in [3.8, 4) is 0 Å². The normalized spacial score (nSPS) is 16.0. The van der Waals surface area contributed by atoms with Crippen molar-refractivity contribution < 1.29 is 27.0 Å². The summed E-state index contributed by atoms with van der Waals surface area (Å²) >= 11 is 0. The molecule has 1 aliphatic rings. The fourth-order valence-electron chi connectivity index (χ4n) is 1.87. The van der Waals surface area contributed by atoms with Gasteiger partial charge < -0.3 is 0 Å². The number of rotatable bonds is 4. The molecular formula is C11H12FN3O5S. The number of nitrogens with zero attached hydrogens (tertiary/aromatic N) is 2. The molecule has 1 aliphatic heterocycles. The molecule has 0 saturated carbocycles. The van der Waals surface area contributed by atoms with Crippen LogP contribution >= 0.6 is 0 Å². The highest BCUT2D eigenvalue weighted by Gasteiger charge is 2.27. The SMILES string of the molecule is O=C1CCN(c2cncc(CCS(=O)(=O)O)c2F)C(=O)N1. The zero-order chi connectivity index (χ0) is 15.6. The minimum absolute atomic E-state index is 0.00498. The summed E-state index contributed by atoms with van der Waals surface area (Å²) in [4.78, 5) is 27.5. The summed E-state index contributed by atoms with van der Waals surface area (Å²) in [5.41, 5.74) is -0.192. The van der Waals surface area contributed by atoms with Crippen molar-refractivity contribution in [2.75, 3.05) is 17.2 Å². The Morgan fingerprint density at radius 3 is 2.71 bits per heavy atom. The number of urea groups is 1. The van der Waals surface area contributed by atoms with Gasteiger partial charge in [-0.2, -0.15) is 8.42 Å². The molecule has 0 unspecified atom stereocenters. The van der Waals surface area contributed by atoms with Crippen molar-refractivity contribution in [2.24, 2.45) is 0 Å². The van der Waals surface area contributed by atoms with Gasteiger partial charge in [0.05, 0.1) is 17.6 Å². The van der Waals surface area contributed by atoms with Crippen molar-refractivity contribution in [3.63, 3.8) is 0 Å². The van der Waals surface area contributed by atoms with Crippen LogP contribution in [0.3, 0.4) is 0 Å². The van der Waals surface area contributed by atoms with Crippen LogP contribution in [0.1, 0.15) is 12.0 Å². The maximum Gasteiger partial charge on any atom is 0.328 e. The Hall–Kier alpha value is -2.07. The van der Waals surface area contributed by atoms with Crippen LogP contribution in [0.25, 0.3) is 0 Å². The van der Waals surface area contributed by atoms with Gasteiger partial charge in [0.15, 0.2) is 5.82 Å². The summed E-state index contributed by atoms with van der Waals surface area (Å²) in [6.45, 7) is 0.00498. The lowest BCUT2D eigenvalue weighted by atomic mass is 10.2. The summed E-state index contributed by atoms with van der Waals surface area (Å²) in [7, 11) is -4.23. The number of carbonyl (C=O) groups is 2. The molecule has 2 N–H and O–H groups in total. The zero-order valence-electron chi connectivity index (χ0n) is 10.7. The molecular weight excluding hydrogens is 305 g/mol. The molecule has 2 heterocycles. The summed E-state index contributed by atoms with van der Waals surface area (Å²) in [5, 5.41) is 2.05. The number of amides is 3. The van der Waals surface area contributed by atoms with Gasteiger partial charge in [0, 0.05) is 24.7 Å². The molecule has 3 amide bonds. The largest absolute Gasteiger partial charge is 0.328 e. The Morgan fingerprint density at radius 2 is 2.10 bits per heavy atom. The molecule has 0 spiro atoms. The maximum absolute atomic E-state index is 14.3. The lowest BCUT2D eigenvalue weighted by molar-refractivity contribution is -0.120. The Balaban J connectivity index is 2.25. The fourth-order valence-corrected chi connectivity index (χ4v) is 2.35. The lowest BCUT2D eigenvalue weighted by Gasteiger charge is -2.26. The second-order valence-electron chi connectivity index (χ2n) is 4.42. The second kappa shape index (κ2) is 5.74. The molecule has 0 atom stereocenters. The molecule has 8 nitrogen and oxygen atoms in total. The first-order chi connectivity index (χ1) is 9.78. The highest BCUT2D eigenvalue weighted by molar-refractivity contribution is 7.85. The monoisotopic (exact) mass is 317 g/mol. The average molecular weight is 317 g/mol. The number of carbonyl (C=O) groups excluding carboxylic acids is 2. The number of aryl methyl sites for hydroxylation is 1. The number of hydrogen-bond acceptors (Lipinski definition) is 5. The number of anilines is 1. The molecule has 0 radical (unpaired) electrons. The van der Waals surface area contributed by atoms with E-state index in [1.54, 1.807) is 0 Å². The zero-order valence-corrected chi connectivity index (χ0v) is 11.6. The number of pyridine rings is 1. The lowest BCUT2D eigenvalue weighted by Crippen LogP contribution is -2.50. The van der Waals surface area contributed by atoms with Crippen LogP contribution in [0, 0.1) is 5.82 Å². The summed E-state index contributed by atoms with van der Waals surface area (Å²) in [6.07, 6.45) is 1.99. The molecule has 0 aromatic carbocycles. The molecule has 1 aromatic heterocycles. The van der Waals surface area contributed by atoms with E-state index in [1.807, 2.05) is 5.32 Å². The average Bonchev–Trinajstić information content (AvgIpc) is 2.37. The van der Waals surface area contributed by atoms with Crippen LogP contribution in [0.15, 0.2) is 12.4 Å². The number of nitrogens with one attached hydrogen (secondary N) is 1. The predicted molar refractivity (Wildman–Crippen MR) is 69.8 cm³/mol. The first kappa shape index (κ1) is 15.3. The molecule has 114 valence electrons. The van der Waals surface area contributed by atoms with E-state index in [0.29, 0.717) is 0 Å². The minimum Gasteiger partial charge on any atom is -0.289 e. The fraction of sp³-hybridized carbons (Fsp3) is 0.364. The van der Waals surface area contributed by atoms with Crippen LogP contribution in [0.4, 0.5) is 14.9 Å². The van der Waals surface area contributed by atoms with E-state index in [-0.39, 0.29) is 30.6 Å². The van der Waals surface area contributed by atoms with Crippen molar-refractivity contribution in [2.45, 2.75) is 12.8 Å². The molecule has 21 heavy (non-hydrogen) atoms. The molecule has 10 heteroatoms. The molecule has 1 fully saturated rings. The Morgan fingerprint density at radius 1 is 1.38 bits per heavy atom. The maximum atomic E-state index is 14.3. The van der Waals surface area contributed by atoms with Gasteiger partial charge in [-0.3, -0.25) is 24.5 Å². The van der Waals surface area contributed by atoms with E-state index in [4.69, 9.17) is 4.55 Å². The van der Waals surface area contributed by atoms with Gasteiger partial charge in [0.2, 0.25) is 5.91 Å². The van der Waals surface area contributed by atoms with E-state index in [2.05, 4.69) is 4.98 Å². The second-order valence-corrected chi connectivity index (χ2v) is 5.99. The van der Waals surface area contributed by atoms with E-state index >= 15 is 0 Å². The van der Waals surface area contributed by atoms with Crippen LogP contribution in [0.2, 0.25) is 0 Å². The minimum atomic E-state index is -4.23. The predicted octanol–water partition coefficient (Wildman–Crippen LogP) is 0.0973. The van der Waals surface area contributed by atoms with Crippen LogP contribution in [-0.4, -0.2) is 42.2 Å². The van der Waals surface area contributed by atoms with Crippen LogP contribution in [0.5, 0.6) is 0 Å². The highest BCUT2D eigenvalue weighted by Crippen LogP contribution is 2.23. The Labute approximate surface area is 119 Å². The van der Waals surface area contributed by atoms with Gasteiger partial charge in [-0.05, 0) is 6.42 Å². The van der Waals surface area contributed by atoms with Gasteiger partial charge in [-0.15, -0.1) is 0 Å². The van der Waals surface area contributed by atoms with Gasteiger partial charge in [-0.1, -0.05) is 0 Å². The van der Waals surface area contributed by atoms with Crippen molar-refractivity contribution in [1.82, 2.24) is 10.3 Å². The third-order valence-electron chi connectivity index (χ3n) is 2.91. The first-order valence-corrected chi connectivity index (χ1v) is 7.58. The van der Waals surface area contributed by atoms with E-state index in [1.165, 1.54) is 0 Å². The van der Waals surface area contributed by atoms with Crippen molar-refractivity contribution in [3.05, 3.63) is 23.8 Å². The number of halogens is 1. The Bertz CT molecular complexity index is 691. The summed E-state index contributed by atoms with van der Waals surface area (Å²) < 4.78 is 44.3. The number of aromatic nitrogens is 1. The van der Waals surface area contributed by atoms with E-state index in [0.717, 1.165) is 17.3 Å². The quantitative estimate of drug-likeness (QED) is 0.761. The highest BCUT2D eigenvalue weighted by atomic mass is 32.2. The molecule has 1 aromatic rings. The van der Waals surface area contributed by atoms with E-state index < -0.39 is 33.6 Å². The molecule has 0 aliphatic carbocycles. The van der Waals surface area contributed by atoms with Crippen molar-refractivity contribution >= 4 is 27.7 Å². The first-order valence-electron chi connectivity index (χ1n) is 5.97. The standard InChI is InChI=1S/C11H12FN3O5S/c12-10-7(2-4-21(18,19)20)5-13-6-8(10)15-3-1-9(16)14-11(15)17/h5-6H,1-4H2,(H,14,16,17)(H,18,19,20). The number of hydrogen-bond donors (Lipinski definition) is 2. The number of imide groups is 1. The molecule has 1 saturated heterocycles. The van der Waals surface area contributed by atoms with E-state index in [9.17, 15) is 22.4 Å². The van der Waals surface area contributed by atoms with Gasteiger partial charge in [-0.25, -0.2) is 9.18 Å². The van der Waals surface area contributed by atoms with Crippen molar-refractivity contribution in [1.29, 1.82) is 0 Å². The Kier molecular flexibility index (Phi) is 4.19. The molecule has 2 rings (SSSR count). The topological polar surface area (TPSA) is 117 Å². The smallest absolute Gasteiger partial charge is 0.289 e. The third kappa shape index (κ3) is 3.73. The third-order valence-corrected chi connectivity index (χ3v) is 3.63. The van der Waals surface area contributed by atoms with Crippen LogP contribution in [-0.2, 0) is 21.3 Å². The van der Waals surface area contributed by atoms with Gasteiger partial charge in [0.25, 0.3) is 10.1 Å². The summed E-state index contributed by atoms with van der Waals surface area (Å²) in [5.74, 6) is -1.91. The van der Waals surface area contributed by atoms with Crippen LogP contribution < -0.4 is 10.2 Å². The summed E-state index contributed by atoms with van der Waals surface area (Å²) in [6, 6.07) is -0.765. The molecule has 0 bridgehead atoms.